The fourth-order valence-electron chi connectivity index (χ4n) is 3.37. The molecule has 122 valence electrons. The lowest BCUT2D eigenvalue weighted by Gasteiger charge is -2.17. The summed E-state index contributed by atoms with van der Waals surface area (Å²) in [6.45, 7) is 0.871. The third-order valence-electron chi connectivity index (χ3n) is 4.61. The van der Waals surface area contributed by atoms with Crippen LogP contribution in [-0.4, -0.2) is 48.9 Å². The first-order valence-electron chi connectivity index (χ1n) is 7.88. The number of ether oxygens (including phenoxy) is 1. The van der Waals surface area contributed by atoms with Crippen molar-refractivity contribution >= 4 is 17.8 Å². The highest BCUT2D eigenvalue weighted by atomic mass is 16.5. The van der Waals surface area contributed by atoms with Gasteiger partial charge in [0.2, 0.25) is 0 Å². The van der Waals surface area contributed by atoms with Crippen molar-refractivity contribution in [3.8, 4) is 0 Å². The Hall–Kier alpha value is -2.21. The maximum Gasteiger partial charge on any atom is 0.308 e. The first-order chi connectivity index (χ1) is 11.1. The number of rotatable bonds is 5. The maximum absolute atomic E-state index is 12.2. The minimum Gasteiger partial charge on any atom is -0.469 e. The molecule has 1 aliphatic heterocycles. The van der Waals surface area contributed by atoms with E-state index in [0.29, 0.717) is 24.2 Å². The molecule has 0 radical (unpaired) electrons. The Labute approximate surface area is 134 Å². The minimum absolute atomic E-state index is 0.0446. The van der Waals surface area contributed by atoms with E-state index in [0.717, 1.165) is 19.3 Å². The van der Waals surface area contributed by atoms with E-state index < -0.39 is 0 Å². The highest BCUT2D eigenvalue weighted by molar-refractivity contribution is 6.21. The van der Waals surface area contributed by atoms with Gasteiger partial charge in [0.05, 0.1) is 24.2 Å². The molecule has 2 atom stereocenters. The van der Waals surface area contributed by atoms with Crippen LogP contribution in [-0.2, 0) is 9.53 Å². The van der Waals surface area contributed by atoms with Gasteiger partial charge in [-0.05, 0) is 31.4 Å². The number of benzene rings is 1. The molecule has 2 amide bonds. The van der Waals surface area contributed by atoms with Gasteiger partial charge in [-0.3, -0.25) is 19.3 Å². The van der Waals surface area contributed by atoms with Crippen LogP contribution in [0.2, 0.25) is 0 Å². The summed E-state index contributed by atoms with van der Waals surface area (Å²) in [5, 5.41) is 3.33. The molecule has 6 nitrogen and oxygen atoms in total. The van der Waals surface area contributed by atoms with Crippen LogP contribution in [0.1, 0.15) is 40.0 Å². The Balaban J connectivity index is 1.50. The summed E-state index contributed by atoms with van der Waals surface area (Å²) >= 11 is 0. The van der Waals surface area contributed by atoms with Crippen molar-refractivity contribution in [2.45, 2.75) is 25.3 Å². The SMILES string of the molecule is COC(=O)C1CCC(NCCN2C(=O)c3ccccc3C2=O)C1. The van der Waals surface area contributed by atoms with Crippen LogP contribution < -0.4 is 5.32 Å². The number of methoxy groups -OCH3 is 1. The minimum atomic E-state index is -0.230. The van der Waals surface area contributed by atoms with E-state index in [1.54, 1.807) is 24.3 Å². The number of carbonyl (C=O) groups is 3. The fourth-order valence-corrected chi connectivity index (χ4v) is 3.37. The lowest BCUT2D eigenvalue weighted by Crippen LogP contribution is -2.39. The maximum atomic E-state index is 12.2. The van der Waals surface area contributed by atoms with Crippen molar-refractivity contribution < 1.29 is 19.1 Å². The Kier molecular flexibility index (Phi) is 4.43. The van der Waals surface area contributed by atoms with Gasteiger partial charge in [-0.25, -0.2) is 0 Å². The lowest BCUT2D eigenvalue weighted by atomic mass is 10.1. The summed E-state index contributed by atoms with van der Waals surface area (Å²) in [5.74, 6) is -0.663. The van der Waals surface area contributed by atoms with Gasteiger partial charge < -0.3 is 10.1 Å². The van der Waals surface area contributed by atoms with Crippen molar-refractivity contribution in [3.63, 3.8) is 0 Å². The largest absolute Gasteiger partial charge is 0.469 e. The second-order valence-electron chi connectivity index (χ2n) is 5.99. The topological polar surface area (TPSA) is 75.7 Å². The summed E-state index contributed by atoms with van der Waals surface area (Å²) in [5.41, 5.74) is 0.952. The zero-order chi connectivity index (χ0) is 16.4. The molecule has 0 spiro atoms. The number of nitrogens with one attached hydrogen (secondary N) is 1. The lowest BCUT2D eigenvalue weighted by molar-refractivity contribution is -0.145. The van der Waals surface area contributed by atoms with Crippen LogP contribution in [0.15, 0.2) is 24.3 Å². The first kappa shape index (κ1) is 15.7. The van der Waals surface area contributed by atoms with Crippen LogP contribution in [0.3, 0.4) is 0 Å². The number of nitrogens with zero attached hydrogens (tertiary/aromatic N) is 1. The molecule has 1 aromatic rings. The Morgan fingerprint density at radius 3 is 2.48 bits per heavy atom. The van der Waals surface area contributed by atoms with Crippen molar-refractivity contribution in [1.29, 1.82) is 0 Å². The average Bonchev–Trinajstić information content (AvgIpc) is 3.14. The molecule has 1 fully saturated rings. The van der Waals surface area contributed by atoms with E-state index in [-0.39, 0.29) is 29.7 Å². The van der Waals surface area contributed by atoms with E-state index in [1.807, 2.05) is 0 Å². The highest BCUT2D eigenvalue weighted by Crippen LogP contribution is 2.26. The number of hydrogen-bond acceptors (Lipinski definition) is 5. The molecule has 1 saturated carbocycles. The van der Waals surface area contributed by atoms with Crippen molar-refractivity contribution in [1.82, 2.24) is 10.2 Å². The Bertz CT molecular complexity index is 608. The molecule has 0 aromatic heterocycles. The highest BCUT2D eigenvalue weighted by Gasteiger charge is 2.35. The summed E-state index contributed by atoms with van der Waals surface area (Å²) in [4.78, 5) is 37.3. The molecule has 0 saturated heterocycles. The number of hydrogen-bond donors (Lipinski definition) is 1. The van der Waals surface area contributed by atoms with Gasteiger partial charge >= 0.3 is 5.97 Å². The first-order valence-corrected chi connectivity index (χ1v) is 7.88. The smallest absolute Gasteiger partial charge is 0.308 e. The zero-order valence-corrected chi connectivity index (χ0v) is 13.1. The Morgan fingerprint density at radius 1 is 1.22 bits per heavy atom. The monoisotopic (exact) mass is 316 g/mol. The van der Waals surface area contributed by atoms with Gasteiger partial charge in [0.15, 0.2) is 0 Å². The number of imide groups is 1. The standard InChI is InChI=1S/C17H20N2O4/c1-23-17(22)11-6-7-12(10-11)18-8-9-19-15(20)13-4-2-3-5-14(13)16(19)21/h2-5,11-12,18H,6-10H2,1H3. The molecule has 6 heteroatoms. The van der Waals surface area contributed by atoms with E-state index in [2.05, 4.69) is 5.32 Å². The summed E-state index contributed by atoms with van der Waals surface area (Å²) in [6, 6.07) is 7.12. The van der Waals surface area contributed by atoms with Crippen LogP contribution in [0.25, 0.3) is 0 Å². The third-order valence-corrected chi connectivity index (χ3v) is 4.61. The van der Waals surface area contributed by atoms with E-state index in [1.165, 1.54) is 12.0 Å². The quantitative estimate of drug-likeness (QED) is 0.653. The molecule has 2 aliphatic rings. The fraction of sp³-hybridized carbons (Fsp3) is 0.471. The van der Waals surface area contributed by atoms with Gasteiger partial charge in [-0.15, -0.1) is 0 Å². The van der Waals surface area contributed by atoms with E-state index in [9.17, 15) is 14.4 Å². The van der Waals surface area contributed by atoms with Crippen LogP contribution in [0.4, 0.5) is 0 Å². The second kappa shape index (κ2) is 6.50. The molecule has 1 heterocycles. The molecule has 1 aromatic carbocycles. The van der Waals surface area contributed by atoms with Crippen LogP contribution in [0, 0.1) is 5.92 Å². The second-order valence-corrected chi connectivity index (χ2v) is 5.99. The van der Waals surface area contributed by atoms with E-state index in [4.69, 9.17) is 4.74 Å². The molecule has 23 heavy (non-hydrogen) atoms. The Morgan fingerprint density at radius 2 is 1.87 bits per heavy atom. The normalized spacial score (nSPS) is 23.3. The van der Waals surface area contributed by atoms with Gasteiger partial charge in [-0.2, -0.15) is 0 Å². The van der Waals surface area contributed by atoms with Crippen molar-refractivity contribution in [2.24, 2.45) is 5.92 Å². The average molecular weight is 316 g/mol. The molecule has 0 bridgehead atoms. The van der Waals surface area contributed by atoms with Crippen LogP contribution >= 0.6 is 0 Å². The van der Waals surface area contributed by atoms with Gasteiger partial charge in [0.1, 0.15) is 0 Å². The number of carbonyl (C=O) groups excluding carboxylic acids is 3. The van der Waals surface area contributed by atoms with Gasteiger partial charge in [-0.1, -0.05) is 12.1 Å². The van der Waals surface area contributed by atoms with Gasteiger partial charge in [0, 0.05) is 19.1 Å². The van der Waals surface area contributed by atoms with Crippen LogP contribution in [0.5, 0.6) is 0 Å². The van der Waals surface area contributed by atoms with Crippen molar-refractivity contribution in [2.75, 3.05) is 20.2 Å². The van der Waals surface area contributed by atoms with E-state index >= 15 is 0 Å². The van der Waals surface area contributed by atoms with Gasteiger partial charge in [0.25, 0.3) is 11.8 Å². The number of amides is 2. The molecule has 1 N–H and O–H groups in total. The molecule has 1 aliphatic carbocycles. The molecule has 3 rings (SSSR count). The van der Waals surface area contributed by atoms with Crippen molar-refractivity contribution in [3.05, 3.63) is 35.4 Å². The summed E-state index contributed by atoms with van der Waals surface area (Å²) in [7, 11) is 1.41. The summed E-state index contributed by atoms with van der Waals surface area (Å²) < 4.78 is 4.77. The molecular formula is C17H20N2O4. The predicted octanol–water partition coefficient (Wildman–Crippen LogP) is 1.21. The number of fused-ring (bicyclic) bond motifs is 1. The molecule has 2 unspecified atom stereocenters. The summed E-state index contributed by atoms with van der Waals surface area (Å²) in [6.07, 6.45) is 2.47. The zero-order valence-electron chi connectivity index (χ0n) is 13.1. The molecular weight excluding hydrogens is 296 g/mol. The predicted molar refractivity (Wildman–Crippen MR) is 83.0 cm³/mol. The third kappa shape index (κ3) is 2.99. The number of esters is 1.